The third-order valence-electron chi connectivity index (χ3n) is 3.00. The minimum absolute atomic E-state index is 0.0938. The number of rotatable bonds is 5. The fourth-order valence-corrected chi connectivity index (χ4v) is 1.65. The van der Waals surface area contributed by atoms with Crippen LogP contribution in [0.3, 0.4) is 0 Å². The Morgan fingerprint density at radius 2 is 2.23 bits per heavy atom. The zero-order valence-corrected chi connectivity index (χ0v) is 8.55. The summed E-state index contributed by atoms with van der Waals surface area (Å²) in [5.41, 5.74) is 5.35. The standard InChI is InChI=1S/C10H20N2O/c1-3-7(2)12-9(10(11)13)8-5-4-6-8/h7-9,12H,3-6H2,1-2H3,(H2,11,13). The van der Waals surface area contributed by atoms with Gasteiger partial charge in [-0.25, -0.2) is 0 Å². The second kappa shape index (κ2) is 4.61. The first-order chi connectivity index (χ1) is 6.15. The van der Waals surface area contributed by atoms with Gasteiger partial charge in [0, 0.05) is 6.04 Å². The van der Waals surface area contributed by atoms with Crippen molar-refractivity contribution in [3.63, 3.8) is 0 Å². The highest BCUT2D eigenvalue weighted by atomic mass is 16.1. The number of amides is 1. The Morgan fingerprint density at radius 3 is 2.54 bits per heavy atom. The molecule has 0 aromatic rings. The van der Waals surface area contributed by atoms with Crippen LogP contribution in [0, 0.1) is 5.92 Å². The summed E-state index contributed by atoms with van der Waals surface area (Å²) in [5, 5.41) is 3.29. The first kappa shape index (κ1) is 10.5. The summed E-state index contributed by atoms with van der Waals surface area (Å²) in [4.78, 5) is 11.1. The third-order valence-corrected chi connectivity index (χ3v) is 3.00. The molecule has 76 valence electrons. The molecule has 3 nitrogen and oxygen atoms in total. The average molecular weight is 184 g/mol. The van der Waals surface area contributed by atoms with E-state index in [2.05, 4.69) is 19.2 Å². The summed E-state index contributed by atoms with van der Waals surface area (Å²) in [5.74, 6) is 0.302. The molecule has 1 aliphatic rings. The number of carbonyl (C=O) groups excluding carboxylic acids is 1. The lowest BCUT2D eigenvalue weighted by molar-refractivity contribution is -0.122. The lowest BCUT2D eigenvalue weighted by atomic mass is 9.79. The molecule has 13 heavy (non-hydrogen) atoms. The Labute approximate surface area is 80.1 Å². The molecule has 0 aliphatic heterocycles. The van der Waals surface area contributed by atoms with E-state index in [1.807, 2.05) is 0 Å². The zero-order valence-electron chi connectivity index (χ0n) is 8.55. The molecule has 0 aromatic carbocycles. The predicted octanol–water partition coefficient (Wildman–Crippen LogP) is 1.03. The van der Waals surface area contributed by atoms with E-state index in [1.165, 1.54) is 6.42 Å². The second-order valence-corrected chi connectivity index (χ2v) is 4.05. The van der Waals surface area contributed by atoms with Crippen LogP contribution in [0.25, 0.3) is 0 Å². The van der Waals surface area contributed by atoms with Gasteiger partial charge in [-0.15, -0.1) is 0 Å². The SMILES string of the molecule is CCC(C)NC(C(N)=O)C1CCC1. The first-order valence-corrected chi connectivity index (χ1v) is 5.20. The minimum Gasteiger partial charge on any atom is -0.368 e. The largest absolute Gasteiger partial charge is 0.368 e. The van der Waals surface area contributed by atoms with Crippen molar-refractivity contribution in [1.29, 1.82) is 0 Å². The Hall–Kier alpha value is -0.570. The minimum atomic E-state index is -0.190. The molecule has 0 heterocycles. The molecule has 0 bridgehead atoms. The van der Waals surface area contributed by atoms with Crippen LogP contribution in [-0.4, -0.2) is 18.0 Å². The summed E-state index contributed by atoms with van der Waals surface area (Å²) < 4.78 is 0. The van der Waals surface area contributed by atoms with Gasteiger partial charge in [0.25, 0.3) is 0 Å². The molecule has 1 rings (SSSR count). The van der Waals surface area contributed by atoms with Crippen LogP contribution < -0.4 is 11.1 Å². The van der Waals surface area contributed by atoms with E-state index in [0.717, 1.165) is 19.3 Å². The quantitative estimate of drug-likeness (QED) is 0.670. The third kappa shape index (κ3) is 2.69. The molecule has 1 saturated carbocycles. The summed E-state index contributed by atoms with van der Waals surface area (Å²) in [7, 11) is 0. The number of nitrogens with two attached hydrogens (primary N) is 1. The number of carbonyl (C=O) groups is 1. The van der Waals surface area contributed by atoms with Crippen molar-refractivity contribution in [3.05, 3.63) is 0 Å². The van der Waals surface area contributed by atoms with Gasteiger partial charge >= 0.3 is 0 Å². The van der Waals surface area contributed by atoms with Crippen LogP contribution in [0.1, 0.15) is 39.5 Å². The molecule has 0 saturated heterocycles. The van der Waals surface area contributed by atoms with E-state index in [0.29, 0.717) is 12.0 Å². The number of primary amides is 1. The maximum Gasteiger partial charge on any atom is 0.234 e. The summed E-state index contributed by atoms with van der Waals surface area (Å²) >= 11 is 0. The highest BCUT2D eigenvalue weighted by Crippen LogP contribution is 2.29. The molecule has 0 spiro atoms. The average Bonchev–Trinajstić information content (AvgIpc) is 1.99. The molecule has 3 heteroatoms. The zero-order chi connectivity index (χ0) is 9.84. The monoisotopic (exact) mass is 184 g/mol. The van der Waals surface area contributed by atoms with E-state index in [9.17, 15) is 4.79 Å². The van der Waals surface area contributed by atoms with E-state index < -0.39 is 0 Å². The van der Waals surface area contributed by atoms with Gasteiger partial charge in [-0.2, -0.15) is 0 Å². The van der Waals surface area contributed by atoms with Gasteiger partial charge in [-0.1, -0.05) is 13.3 Å². The Kier molecular flexibility index (Phi) is 3.72. The van der Waals surface area contributed by atoms with Gasteiger partial charge in [0.2, 0.25) is 5.91 Å². The molecule has 2 atom stereocenters. The van der Waals surface area contributed by atoms with Gasteiger partial charge in [0.1, 0.15) is 0 Å². The van der Waals surface area contributed by atoms with Crippen molar-refractivity contribution in [2.45, 2.75) is 51.6 Å². The molecule has 1 amide bonds. The molecular formula is C10H20N2O. The molecule has 0 aromatic heterocycles. The summed E-state index contributed by atoms with van der Waals surface area (Å²) in [6.45, 7) is 4.20. The van der Waals surface area contributed by atoms with Crippen molar-refractivity contribution in [1.82, 2.24) is 5.32 Å². The molecule has 1 fully saturated rings. The first-order valence-electron chi connectivity index (χ1n) is 5.20. The molecule has 3 N–H and O–H groups in total. The normalized spacial score (nSPS) is 22.0. The van der Waals surface area contributed by atoms with Crippen molar-refractivity contribution in [3.8, 4) is 0 Å². The van der Waals surface area contributed by atoms with E-state index in [1.54, 1.807) is 0 Å². The number of hydrogen-bond donors (Lipinski definition) is 2. The van der Waals surface area contributed by atoms with E-state index >= 15 is 0 Å². The fourth-order valence-electron chi connectivity index (χ4n) is 1.65. The van der Waals surface area contributed by atoms with Gasteiger partial charge in [0.05, 0.1) is 6.04 Å². The van der Waals surface area contributed by atoms with Crippen LogP contribution in [0.2, 0.25) is 0 Å². The van der Waals surface area contributed by atoms with Gasteiger partial charge < -0.3 is 11.1 Å². The Balaban J connectivity index is 2.42. The van der Waals surface area contributed by atoms with Gasteiger partial charge in [-0.3, -0.25) is 4.79 Å². The molecular weight excluding hydrogens is 164 g/mol. The van der Waals surface area contributed by atoms with Crippen molar-refractivity contribution < 1.29 is 4.79 Å². The predicted molar refractivity (Wildman–Crippen MR) is 53.2 cm³/mol. The maximum absolute atomic E-state index is 11.1. The van der Waals surface area contributed by atoms with E-state index in [-0.39, 0.29) is 11.9 Å². The topological polar surface area (TPSA) is 55.1 Å². The van der Waals surface area contributed by atoms with Crippen molar-refractivity contribution in [2.75, 3.05) is 0 Å². The van der Waals surface area contributed by atoms with Gasteiger partial charge in [0.15, 0.2) is 0 Å². The van der Waals surface area contributed by atoms with Crippen molar-refractivity contribution in [2.24, 2.45) is 11.7 Å². The maximum atomic E-state index is 11.1. The molecule has 2 unspecified atom stereocenters. The molecule has 1 aliphatic carbocycles. The summed E-state index contributed by atoms with van der Waals surface area (Å²) in [6, 6.07) is 0.293. The van der Waals surface area contributed by atoms with Crippen molar-refractivity contribution >= 4 is 5.91 Å². The van der Waals surface area contributed by atoms with Crippen LogP contribution >= 0.6 is 0 Å². The lowest BCUT2D eigenvalue weighted by Gasteiger charge is -2.34. The fraction of sp³-hybridized carbons (Fsp3) is 0.900. The Morgan fingerprint density at radius 1 is 1.62 bits per heavy atom. The second-order valence-electron chi connectivity index (χ2n) is 4.05. The van der Waals surface area contributed by atoms with Crippen LogP contribution in [0.4, 0.5) is 0 Å². The summed E-state index contributed by atoms with van der Waals surface area (Å²) in [6.07, 6.45) is 4.58. The highest BCUT2D eigenvalue weighted by molar-refractivity contribution is 5.80. The van der Waals surface area contributed by atoms with Crippen LogP contribution in [-0.2, 0) is 4.79 Å². The van der Waals surface area contributed by atoms with Crippen LogP contribution in [0.5, 0.6) is 0 Å². The number of hydrogen-bond acceptors (Lipinski definition) is 2. The van der Waals surface area contributed by atoms with E-state index in [4.69, 9.17) is 5.73 Å². The van der Waals surface area contributed by atoms with Crippen LogP contribution in [0.15, 0.2) is 0 Å². The van der Waals surface area contributed by atoms with Gasteiger partial charge in [-0.05, 0) is 32.1 Å². The highest BCUT2D eigenvalue weighted by Gasteiger charge is 2.31. The molecule has 0 radical (unpaired) electrons. The lowest BCUT2D eigenvalue weighted by Crippen LogP contribution is -2.51. The Bertz CT molecular complexity index is 178. The number of nitrogens with one attached hydrogen (secondary N) is 1. The smallest absolute Gasteiger partial charge is 0.234 e.